The molecule has 1 aliphatic heterocycles. The summed E-state index contributed by atoms with van der Waals surface area (Å²) in [4.78, 5) is 27.7. The molecule has 0 radical (unpaired) electrons. The van der Waals surface area contributed by atoms with Crippen molar-refractivity contribution < 1.29 is 14.3 Å². The number of nitrogens with zero attached hydrogens (tertiary/aromatic N) is 1. The number of benzene rings is 2. The minimum Gasteiger partial charge on any atom is -0.494 e. The van der Waals surface area contributed by atoms with E-state index in [2.05, 4.69) is 0 Å². The maximum atomic E-state index is 13.2. The van der Waals surface area contributed by atoms with Gasteiger partial charge in [-0.05, 0) is 61.7 Å². The second-order valence-electron chi connectivity index (χ2n) is 7.10. The van der Waals surface area contributed by atoms with Crippen LogP contribution in [0.15, 0.2) is 59.8 Å². The Balaban J connectivity index is 1.79. The fourth-order valence-electron chi connectivity index (χ4n) is 4.16. The van der Waals surface area contributed by atoms with E-state index in [1.165, 1.54) is 0 Å². The quantitative estimate of drug-likeness (QED) is 0.708. The van der Waals surface area contributed by atoms with Crippen LogP contribution in [0.25, 0.3) is 0 Å². The lowest BCUT2D eigenvalue weighted by Crippen LogP contribution is -2.40. The Bertz CT molecular complexity index is 949. The molecule has 1 atom stereocenters. The number of halogens is 1. The fraction of sp³-hybridized carbons (Fsp3) is 0.304. The third-order valence-corrected chi connectivity index (χ3v) is 5.57. The highest BCUT2D eigenvalue weighted by atomic mass is 35.5. The van der Waals surface area contributed by atoms with Gasteiger partial charge in [0.25, 0.3) is 0 Å². The van der Waals surface area contributed by atoms with Crippen LogP contribution in [0.2, 0.25) is 5.02 Å². The van der Waals surface area contributed by atoms with Gasteiger partial charge in [-0.3, -0.25) is 14.5 Å². The van der Waals surface area contributed by atoms with Gasteiger partial charge in [-0.25, -0.2) is 0 Å². The second kappa shape index (κ2) is 7.80. The zero-order valence-corrected chi connectivity index (χ0v) is 16.5. The van der Waals surface area contributed by atoms with E-state index >= 15 is 0 Å². The average Bonchev–Trinajstić information content (AvgIpc) is 2.69. The Kier molecular flexibility index (Phi) is 5.23. The van der Waals surface area contributed by atoms with E-state index in [9.17, 15) is 9.59 Å². The van der Waals surface area contributed by atoms with Crippen molar-refractivity contribution in [3.63, 3.8) is 0 Å². The number of ether oxygens (including phenoxy) is 1. The predicted molar refractivity (Wildman–Crippen MR) is 110 cm³/mol. The molecule has 2 aromatic carbocycles. The number of carbonyl (C=O) groups excluding carboxylic acids is 2. The minimum absolute atomic E-state index is 0.00239. The summed E-state index contributed by atoms with van der Waals surface area (Å²) >= 11 is 6.17. The minimum atomic E-state index is -0.229. The van der Waals surface area contributed by atoms with E-state index < -0.39 is 0 Å². The third kappa shape index (κ3) is 3.45. The molecule has 0 spiro atoms. The molecule has 0 bridgehead atoms. The number of ketones is 1. The van der Waals surface area contributed by atoms with E-state index in [0.717, 1.165) is 41.1 Å². The largest absolute Gasteiger partial charge is 0.494 e. The van der Waals surface area contributed by atoms with Crippen molar-refractivity contribution in [2.45, 2.75) is 38.5 Å². The highest BCUT2D eigenvalue weighted by Gasteiger charge is 2.39. The Morgan fingerprint density at radius 3 is 2.61 bits per heavy atom. The van der Waals surface area contributed by atoms with Gasteiger partial charge >= 0.3 is 0 Å². The molecule has 0 saturated heterocycles. The number of hydrogen-bond donors (Lipinski definition) is 0. The van der Waals surface area contributed by atoms with E-state index in [1.807, 2.05) is 49.4 Å². The number of hydrogen-bond acceptors (Lipinski definition) is 3. The first-order chi connectivity index (χ1) is 13.6. The van der Waals surface area contributed by atoms with Crippen LogP contribution in [0.5, 0.6) is 5.75 Å². The number of rotatable bonds is 4. The topological polar surface area (TPSA) is 46.6 Å². The van der Waals surface area contributed by atoms with Crippen LogP contribution in [0.1, 0.15) is 44.1 Å². The van der Waals surface area contributed by atoms with Gasteiger partial charge in [0.05, 0.1) is 6.61 Å². The van der Waals surface area contributed by atoms with Gasteiger partial charge in [-0.1, -0.05) is 23.7 Å². The van der Waals surface area contributed by atoms with Crippen LogP contribution in [0.3, 0.4) is 0 Å². The first-order valence-corrected chi connectivity index (χ1v) is 10.0. The molecular weight excluding hydrogens is 374 g/mol. The molecule has 28 heavy (non-hydrogen) atoms. The zero-order valence-electron chi connectivity index (χ0n) is 15.8. The van der Waals surface area contributed by atoms with Crippen molar-refractivity contribution in [2.24, 2.45) is 0 Å². The zero-order chi connectivity index (χ0) is 19.7. The van der Waals surface area contributed by atoms with Crippen molar-refractivity contribution in [2.75, 3.05) is 11.5 Å². The molecule has 1 aliphatic carbocycles. The predicted octanol–water partition coefficient (Wildman–Crippen LogP) is 5.27. The van der Waals surface area contributed by atoms with Crippen molar-refractivity contribution >= 4 is 29.0 Å². The Morgan fingerprint density at radius 2 is 1.89 bits per heavy atom. The van der Waals surface area contributed by atoms with E-state index in [0.29, 0.717) is 18.1 Å². The van der Waals surface area contributed by atoms with Crippen molar-refractivity contribution in [3.8, 4) is 5.75 Å². The molecule has 0 N–H and O–H groups in total. The lowest BCUT2D eigenvalue weighted by atomic mass is 9.77. The van der Waals surface area contributed by atoms with Gasteiger partial charge < -0.3 is 4.74 Å². The average molecular weight is 396 g/mol. The van der Waals surface area contributed by atoms with Gasteiger partial charge in [0.15, 0.2) is 5.78 Å². The van der Waals surface area contributed by atoms with E-state index in [4.69, 9.17) is 16.3 Å². The molecule has 1 amide bonds. The molecule has 1 heterocycles. The summed E-state index contributed by atoms with van der Waals surface area (Å²) in [6, 6.07) is 15.0. The standard InChI is InChI=1S/C23H22ClNO3/c1-2-28-18-11-9-17(10-12-18)25-20-7-4-8-21(26)23(20)19(14-22(25)27)15-5-3-6-16(24)13-15/h3,5-6,9-13,19H,2,4,7-8,14H2,1H3. The van der Waals surface area contributed by atoms with Crippen LogP contribution in [-0.4, -0.2) is 18.3 Å². The number of allylic oxidation sites excluding steroid dienone is 2. The number of anilines is 1. The molecule has 0 saturated carbocycles. The Morgan fingerprint density at radius 1 is 1.11 bits per heavy atom. The second-order valence-corrected chi connectivity index (χ2v) is 7.54. The first kappa shape index (κ1) is 18.8. The van der Waals surface area contributed by atoms with Crippen LogP contribution in [-0.2, 0) is 9.59 Å². The summed E-state index contributed by atoms with van der Waals surface area (Å²) in [7, 11) is 0. The maximum Gasteiger partial charge on any atom is 0.232 e. The Hall–Kier alpha value is -2.59. The molecule has 2 aliphatic rings. The van der Waals surface area contributed by atoms with Crippen LogP contribution < -0.4 is 9.64 Å². The maximum absolute atomic E-state index is 13.2. The SMILES string of the molecule is CCOc1ccc(N2C(=O)CC(c3cccc(Cl)c3)C3=C2CCCC3=O)cc1. The molecule has 0 fully saturated rings. The molecule has 2 aromatic rings. The molecule has 1 unspecified atom stereocenters. The first-order valence-electron chi connectivity index (χ1n) is 9.66. The van der Waals surface area contributed by atoms with Gasteiger partial charge in [0.1, 0.15) is 5.75 Å². The van der Waals surface area contributed by atoms with Gasteiger partial charge in [0, 0.05) is 40.7 Å². The van der Waals surface area contributed by atoms with Gasteiger partial charge in [-0.2, -0.15) is 0 Å². The molecule has 144 valence electrons. The monoisotopic (exact) mass is 395 g/mol. The van der Waals surface area contributed by atoms with Gasteiger partial charge in [0.2, 0.25) is 5.91 Å². The van der Waals surface area contributed by atoms with Crippen LogP contribution in [0.4, 0.5) is 5.69 Å². The fourth-order valence-corrected chi connectivity index (χ4v) is 4.36. The number of amides is 1. The molecule has 5 heteroatoms. The Labute approximate surface area is 169 Å². The summed E-state index contributed by atoms with van der Waals surface area (Å²) in [5.74, 6) is 0.673. The van der Waals surface area contributed by atoms with Gasteiger partial charge in [-0.15, -0.1) is 0 Å². The summed E-state index contributed by atoms with van der Waals surface area (Å²) in [5, 5.41) is 0.615. The van der Waals surface area contributed by atoms with Crippen molar-refractivity contribution in [1.82, 2.24) is 0 Å². The number of Topliss-reactive ketones (excluding diaryl/α,β-unsaturated/α-hetero) is 1. The highest BCUT2D eigenvalue weighted by molar-refractivity contribution is 6.30. The van der Waals surface area contributed by atoms with Crippen LogP contribution in [0, 0.1) is 0 Å². The van der Waals surface area contributed by atoms with Crippen LogP contribution >= 0.6 is 11.6 Å². The molecule has 4 rings (SSSR count). The third-order valence-electron chi connectivity index (χ3n) is 5.33. The molecule has 4 nitrogen and oxygen atoms in total. The smallest absolute Gasteiger partial charge is 0.232 e. The lowest BCUT2D eigenvalue weighted by molar-refractivity contribution is -0.119. The highest BCUT2D eigenvalue weighted by Crippen LogP contribution is 2.43. The van der Waals surface area contributed by atoms with E-state index in [1.54, 1.807) is 11.0 Å². The van der Waals surface area contributed by atoms with Crippen molar-refractivity contribution in [1.29, 1.82) is 0 Å². The van der Waals surface area contributed by atoms with E-state index in [-0.39, 0.29) is 24.0 Å². The number of carbonyl (C=O) groups is 2. The summed E-state index contributed by atoms with van der Waals surface area (Å²) in [5.41, 5.74) is 3.30. The molecule has 0 aromatic heterocycles. The lowest BCUT2D eigenvalue weighted by Gasteiger charge is -2.38. The summed E-state index contributed by atoms with van der Waals surface area (Å²) in [6.07, 6.45) is 2.27. The summed E-state index contributed by atoms with van der Waals surface area (Å²) in [6.45, 7) is 2.52. The molecular formula is C23H22ClNO3. The normalized spacial score (nSPS) is 19.6. The summed E-state index contributed by atoms with van der Waals surface area (Å²) < 4.78 is 5.50. The van der Waals surface area contributed by atoms with Crippen molar-refractivity contribution in [3.05, 3.63) is 70.4 Å².